The molecule has 15 heavy (non-hydrogen) atoms. The van der Waals surface area contributed by atoms with Gasteiger partial charge in [-0.1, -0.05) is 11.6 Å². The largest absolute Gasteiger partial charge is 0.378 e. The zero-order chi connectivity index (χ0) is 10.7. The van der Waals surface area contributed by atoms with Crippen molar-refractivity contribution in [2.24, 2.45) is 5.73 Å². The smallest absolute Gasteiger partial charge is 0.0931 e. The molecule has 2 N–H and O–H groups in total. The maximum absolute atomic E-state index is 6.08. The molecule has 2 atom stereocenters. The van der Waals surface area contributed by atoms with Gasteiger partial charge < -0.3 is 10.5 Å². The van der Waals surface area contributed by atoms with Gasteiger partial charge in [-0.3, -0.25) is 0 Å². The number of ether oxygens (including phenoxy) is 1. The lowest BCUT2D eigenvalue weighted by Crippen LogP contribution is -2.13. The van der Waals surface area contributed by atoms with Gasteiger partial charge in [0.15, 0.2) is 0 Å². The van der Waals surface area contributed by atoms with Gasteiger partial charge in [0, 0.05) is 17.5 Å². The summed E-state index contributed by atoms with van der Waals surface area (Å²) in [4.78, 5) is 1.18. The summed E-state index contributed by atoms with van der Waals surface area (Å²) in [5.74, 6) is 0. The standard InChI is InChI=1S/C11H16ClNOS/c12-11-6-5-10(15-11)9(13)4-3-8-2-1-7-14-8/h5-6,8-9H,1-4,7,13H2. The van der Waals surface area contributed by atoms with Gasteiger partial charge in [0.1, 0.15) is 0 Å². The first kappa shape index (κ1) is 11.4. The minimum absolute atomic E-state index is 0.117. The lowest BCUT2D eigenvalue weighted by molar-refractivity contribution is 0.101. The van der Waals surface area contributed by atoms with Gasteiger partial charge in [0.05, 0.1) is 10.4 Å². The van der Waals surface area contributed by atoms with Crippen LogP contribution in [-0.4, -0.2) is 12.7 Å². The Kier molecular flexibility index (Phi) is 4.03. The van der Waals surface area contributed by atoms with Crippen LogP contribution in [0.25, 0.3) is 0 Å². The van der Waals surface area contributed by atoms with Crippen molar-refractivity contribution >= 4 is 22.9 Å². The molecule has 1 saturated heterocycles. The molecule has 0 bridgehead atoms. The van der Waals surface area contributed by atoms with Gasteiger partial charge >= 0.3 is 0 Å². The summed E-state index contributed by atoms with van der Waals surface area (Å²) in [5, 5.41) is 0. The van der Waals surface area contributed by atoms with E-state index in [0.717, 1.165) is 23.8 Å². The molecule has 2 rings (SSSR count). The minimum atomic E-state index is 0.117. The third kappa shape index (κ3) is 3.18. The first-order chi connectivity index (χ1) is 7.25. The fourth-order valence-corrected chi connectivity index (χ4v) is 3.00. The molecule has 84 valence electrons. The predicted octanol–water partition coefficient (Wildman–Crippen LogP) is 3.36. The van der Waals surface area contributed by atoms with Crippen molar-refractivity contribution in [3.8, 4) is 0 Å². The van der Waals surface area contributed by atoms with Gasteiger partial charge in [0.25, 0.3) is 0 Å². The number of rotatable bonds is 4. The van der Waals surface area contributed by atoms with E-state index in [4.69, 9.17) is 22.1 Å². The van der Waals surface area contributed by atoms with Gasteiger partial charge in [0.2, 0.25) is 0 Å². The molecule has 1 aromatic rings. The Morgan fingerprint density at radius 2 is 2.47 bits per heavy atom. The SMILES string of the molecule is NC(CCC1CCCO1)c1ccc(Cl)s1. The highest BCUT2D eigenvalue weighted by Gasteiger charge is 2.17. The highest BCUT2D eigenvalue weighted by molar-refractivity contribution is 7.16. The molecule has 1 aromatic heterocycles. The van der Waals surface area contributed by atoms with E-state index >= 15 is 0 Å². The average molecular weight is 246 g/mol. The quantitative estimate of drug-likeness (QED) is 0.883. The number of thiophene rings is 1. The highest BCUT2D eigenvalue weighted by atomic mass is 35.5. The van der Waals surface area contributed by atoms with Crippen molar-refractivity contribution < 1.29 is 4.74 Å². The van der Waals surface area contributed by atoms with Crippen LogP contribution in [0.1, 0.15) is 36.6 Å². The molecule has 2 heterocycles. The molecular weight excluding hydrogens is 230 g/mol. The molecule has 0 aliphatic carbocycles. The molecule has 2 nitrogen and oxygen atoms in total. The van der Waals surface area contributed by atoms with E-state index in [1.165, 1.54) is 17.7 Å². The fourth-order valence-electron chi connectivity index (χ4n) is 1.91. The summed E-state index contributed by atoms with van der Waals surface area (Å²) in [6, 6.07) is 4.05. The van der Waals surface area contributed by atoms with Crippen LogP contribution in [0.5, 0.6) is 0 Å². The molecule has 1 aliphatic heterocycles. The second kappa shape index (κ2) is 5.30. The van der Waals surface area contributed by atoms with Gasteiger partial charge in [-0.2, -0.15) is 0 Å². The van der Waals surface area contributed by atoms with Crippen LogP contribution in [-0.2, 0) is 4.74 Å². The number of nitrogens with two attached hydrogens (primary N) is 1. The maximum Gasteiger partial charge on any atom is 0.0931 e. The minimum Gasteiger partial charge on any atom is -0.378 e. The van der Waals surface area contributed by atoms with Crippen LogP contribution in [0, 0.1) is 0 Å². The Bertz CT molecular complexity index is 309. The van der Waals surface area contributed by atoms with Gasteiger partial charge in [-0.05, 0) is 37.8 Å². The first-order valence-electron chi connectivity index (χ1n) is 5.38. The number of hydrogen-bond donors (Lipinski definition) is 1. The zero-order valence-corrected chi connectivity index (χ0v) is 10.2. The second-order valence-corrected chi connectivity index (χ2v) is 5.71. The van der Waals surface area contributed by atoms with Crippen LogP contribution in [0.4, 0.5) is 0 Å². The summed E-state index contributed by atoms with van der Waals surface area (Å²) in [7, 11) is 0. The average Bonchev–Trinajstić information content (AvgIpc) is 2.84. The summed E-state index contributed by atoms with van der Waals surface area (Å²) in [5.41, 5.74) is 6.08. The normalized spacial score (nSPS) is 23.2. The molecule has 4 heteroatoms. The Morgan fingerprint density at radius 1 is 1.60 bits per heavy atom. The van der Waals surface area contributed by atoms with E-state index in [0.29, 0.717) is 6.10 Å². The topological polar surface area (TPSA) is 35.2 Å². The van der Waals surface area contributed by atoms with E-state index in [2.05, 4.69) is 0 Å². The Morgan fingerprint density at radius 3 is 3.07 bits per heavy atom. The molecule has 1 aliphatic rings. The molecule has 0 saturated carbocycles. The molecule has 0 spiro atoms. The summed E-state index contributed by atoms with van der Waals surface area (Å²) >= 11 is 7.45. The van der Waals surface area contributed by atoms with Crippen LogP contribution in [0.2, 0.25) is 4.34 Å². The van der Waals surface area contributed by atoms with Crippen molar-refractivity contribution in [3.63, 3.8) is 0 Å². The Labute approximate surface area is 99.4 Å². The van der Waals surface area contributed by atoms with Crippen LogP contribution < -0.4 is 5.73 Å². The third-order valence-corrected chi connectivity index (χ3v) is 4.15. The summed E-state index contributed by atoms with van der Waals surface area (Å²) in [6.45, 7) is 0.921. The lowest BCUT2D eigenvalue weighted by atomic mass is 10.1. The number of halogens is 1. The van der Waals surface area contributed by atoms with Crippen LogP contribution in [0.3, 0.4) is 0 Å². The lowest BCUT2D eigenvalue weighted by Gasteiger charge is -2.13. The third-order valence-electron chi connectivity index (χ3n) is 2.78. The molecule has 0 radical (unpaired) electrons. The van der Waals surface area contributed by atoms with E-state index in [1.54, 1.807) is 11.3 Å². The van der Waals surface area contributed by atoms with E-state index in [1.807, 2.05) is 12.1 Å². The van der Waals surface area contributed by atoms with Crippen molar-refractivity contribution in [1.29, 1.82) is 0 Å². The van der Waals surface area contributed by atoms with Gasteiger partial charge in [-0.25, -0.2) is 0 Å². The molecule has 0 aromatic carbocycles. The molecular formula is C11H16ClNOS. The molecule has 1 fully saturated rings. The second-order valence-electron chi connectivity index (χ2n) is 3.96. The Hall–Kier alpha value is -0.0900. The van der Waals surface area contributed by atoms with Crippen LogP contribution in [0.15, 0.2) is 12.1 Å². The van der Waals surface area contributed by atoms with Crippen molar-refractivity contribution in [1.82, 2.24) is 0 Å². The van der Waals surface area contributed by atoms with Crippen LogP contribution >= 0.6 is 22.9 Å². The highest BCUT2D eigenvalue weighted by Crippen LogP contribution is 2.29. The first-order valence-corrected chi connectivity index (χ1v) is 6.57. The zero-order valence-electron chi connectivity index (χ0n) is 8.62. The summed E-state index contributed by atoms with van der Waals surface area (Å²) < 4.78 is 6.38. The van der Waals surface area contributed by atoms with E-state index < -0.39 is 0 Å². The number of hydrogen-bond acceptors (Lipinski definition) is 3. The van der Waals surface area contributed by atoms with Crippen molar-refractivity contribution in [2.75, 3.05) is 6.61 Å². The fraction of sp³-hybridized carbons (Fsp3) is 0.636. The van der Waals surface area contributed by atoms with Crippen molar-refractivity contribution in [3.05, 3.63) is 21.3 Å². The van der Waals surface area contributed by atoms with Gasteiger partial charge in [-0.15, -0.1) is 11.3 Å². The monoisotopic (exact) mass is 245 g/mol. The predicted molar refractivity (Wildman–Crippen MR) is 64.5 cm³/mol. The van der Waals surface area contributed by atoms with E-state index in [9.17, 15) is 0 Å². The van der Waals surface area contributed by atoms with Crippen molar-refractivity contribution in [2.45, 2.75) is 37.8 Å². The Balaban J connectivity index is 1.79. The van der Waals surface area contributed by atoms with E-state index in [-0.39, 0.29) is 6.04 Å². The maximum atomic E-state index is 6.08. The molecule has 0 amide bonds. The summed E-state index contributed by atoms with van der Waals surface area (Å²) in [6.07, 6.45) is 4.88. The molecule has 2 unspecified atom stereocenters.